The lowest BCUT2D eigenvalue weighted by molar-refractivity contribution is 0.671. The number of fused-ring (bicyclic) bond motifs is 10. The second kappa shape index (κ2) is 10.9. The average Bonchev–Trinajstić information content (AvgIpc) is 3.87. The number of aromatic nitrogens is 4. The van der Waals surface area contributed by atoms with E-state index >= 15 is 0 Å². The Kier molecular flexibility index (Phi) is 6.05. The number of rotatable bonds is 4. The predicted molar refractivity (Wildman–Crippen MR) is 211 cm³/mol. The molecule has 0 aliphatic carbocycles. The number of nitrogens with zero attached hydrogens (tertiary/aromatic N) is 4. The van der Waals surface area contributed by atoms with Gasteiger partial charge in [0.15, 0.2) is 23.1 Å². The minimum absolute atomic E-state index is 0.617. The van der Waals surface area contributed by atoms with Gasteiger partial charge in [-0.15, -0.1) is 11.3 Å². The zero-order valence-corrected chi connectivity index (χ0v) is 27.9. The smallest absolute Gasteiger partial charge is 0.164 e. The maximum absolute atomic E-state index is 6.73. The van der Waals surface area contributed by atoms with Gasteiger partial charge >= 0.3 is 0 Å². The summed E-state index contributed by atoms with van der Waals surface area (Å²) in [4.78, 5) is 15.2. The fourth-order valence-electron chi connectivity index (χ4n) is 7.48. The second-order valence-electron chi connectivity index (χ2n) is 12.8. The SMILES string of the molecule is c1ccc(-c2nc(-c3ccc4c(c3)sc3ccccc34)nc(-c3ccc4oc5c(ccc6c7ccccc7n(-c7ccccc7)c65)c4c3)n2)cc1. The Hall–Kier alpha value is -6.63. The van der Waals surface area contributed by atoms with Crippen LogP contribution in [0.15, 0.2) is 162 Å². The van der Waals surface area contributed by atoms with E-state index < -0.39 is 0 Å². The number of hydrogen-bond acceptors (Lipinski definition) is 5. The molecule has 0 atom stereocenters. The number of furan rings is 1. The first-order valence-electron chi connectivity index (χ1n) is 16.9. The third kappa shape index (κ3) is 4.37. The molecule has 5 nitrogen and oxygen atoms in total. The summed E-state index contributed by atoms with van der Waals surface area (Å²) in [5.41, 5.74) is 7.78. The van der Waals surface area contributed by atoms with E-state index in [9.17, 15) is 0 Å². The maximum atomic E-state index is 6.73. The monoisotopic (exact) mass is 670 g/mol. The molecule has 4 heterocycles. The molecular formula is C45H26N4OS. The topological polar surface area (TPSA) is 56.7 Å². The first-order valence-corrected chi connectivity index (χ1v) is 17.8. The summed E-state index contributed by atoms with van der Waals surface area (Å²) >= 11 is 1.79. The van der Waals surface area contributed by atoms with Gasteiger partial charge in [-0.25, -0.2) is 15.0 Å². The summed E-state index contributed by atoms with van der Waals surface area (Å²) < 4.78 is 11.5. The van der Waals surface area contributed by atoms with Crippen molar-refractivity contribution in [3.8, 4) is 39.9 Å². The van der Waals surface area contributed by atoms with Gasteiger partial charge in [0.2, 0.25) is 0 Å². The van der Waals surface area contributed by atoms with Gasteiger partial charge in [-0.1, -0.05) is 103 Å². The molecule has 0 fully saturated rings. The third-order valence-corrected chi connectivity index (χ3v) is 11.0. The van der Waals surface area contributed by atoms with Crippen LogP contribution in [0.4, 0.5) is 0 Å². The van der Waals surface area contributed by atoms with Gasteiger partial charge < -0.3 is 8.98 Å². The maximum Gasteiger partial charge on any atom is 0.164 e. The molecule has 0 radical (unpaired) electrons. The molecule has 0 aliphatic heterocycles. The molecule has 0 aliphatic rings. The lowest BCUT2D eigenvalue weighted by Gasteiger charge is -2.09. The molecule has 0 spiro atoms. The Morgan fingerprint density at radius 3 is 1.86 bits per heavy atom. The summed E-state index contributed by atoms with van der Waals surface area (Å²) in [5, 5.41) is 6.93. The molecular weight excluding hydrogens is 645 g/mol. The van der Waals surface area contributed by atoms with Crippen LogP contribution in [0.2, 0.25) is 0 Å². The van der Waals surface area contributed by atoms with E-state index in [1.807, 2.05) is 42.5 Å². The van der Waals surface area contributed by atoms with Crippen molar-refractivity contribution < 1.29 is 4.42 Å². The number of thiophene rings is 1. The highest BCUT2D eigenvalue weighted by Crippen LogP contribution is 2.41. The summed E-state index contributed by atoms with van der Waals surface area (Å²) in [6, 6.07) is 54.9. The van der Waals surface area contributed by atoms with Crippen molar-refractivity contribution in [2.24, 2.45) is 0 Å². The molecule has 0 amide bonds. The Morgan fingerprint density at radius 1 is 0.431 bits per heavy atom. The van der Waals surface area contributed by atoms with Crippen molar-refractivity contribution in [1.29, 1.82) is 0 Å². The van der Waals surface area contributed by atoms with Crippen molar-refractivity contribution in [3.05, 3.63) is 158 Å². The Labute approximate surface area is 295 Å². The van der Waals surface area contributed by atoms with E-state index in [2.05, 4.69) is 120 Å². The molecule has 238 valence electrons. The molecule has 6 heteroatoms. The summed E-state index contributed by atoms with van der Waals surface area (Å²) in [6.07, 6.45) is 0. The van der Waals surface area contributed by atoms with Gasteiger partial charge in [0.1, 0.15) is 5.58 Å². The predicted octanol–water partition coefficient (Wildman–Crippen LogP) is 12.2. The van der Waals surface area contributed by atoms with Crippen molar-refractivity contribution in [3.63, 3.8) is 0 Å². The van der Waals surface area contributed by atoms with Crippen LogP contribution in [0.5, 0.6) is 0 Å². The Balaban J connectivity index is 1.12. The standard InChI is InChI=1S/C45H26N4OS/c1-3-11-27(12-4-1)43-46-44(48-45(47-43)29-19-21-33-32-16-8-10-18-39(32)51-40(33)26-29)28-20-24-38-36(25-28)35-23-22-34-31-15-7-9-17-37(31)49(41(34)42(35)50-38)30-13-5-2-6-14-30/h1-26H. The second-order valence-corrected chi connectivity index (χ2v) is 13.9. The Bertz CT molecular complexity index is 3140. The highest BCUT2D eigenvalue weighted by atomic mass is 32.1. The van der Waals surface area contributed by atoms with E-state index in [1.54, 1.807) is 11.3 Å². The zero-order chi connectivity index (χ0) is 33.5. The molecule has 11 rings (SSSR count). The molecule has 4 aromatic heterocycles. The first-order chi connectivity index (χ1) is 25.3. The van der Waals surface area contributed by atoms with Crippen molar-refractivity contribution in [2.75, 3.05) is 0 Å². The van der Waals surface area contributed by atoms with Crippen LogP contribution in [-0.2, 0) is 0 Å². The number of para-hydroxylation sites is 2. The summed E-state index contributed by atoms with van der Waals surface area (Å²) in [6.45, 7) is 0. The van der Waals surface area contributed by atoms with Crippen LogP contribution < -0.4 is 0 Å². The van der Waals surface area contributed by atoms with Crippen LogP contribution in [0, 0.1) is 0 Å². The van der Waals surface area contributed by atoms with E-state index in [-0.39, 0.29) is 0 Å². The van der Waals surface area contributed by atoms with Crippen LogP contribution >= 0.6 is 11.3 Å². The molecule has 0 saturated carbocycles. The van der Waals surface area contributed by atoms with Gasteiger partial charge in [0.25, 0.3) is 0 Å². The van der Waals surface area contributed by atoms with E-state index in [0.29, 0.717) is 17.5 Å². The summed E-state index contributed by atoms with van der Waals surface area (Å²) in [5.74, 6) is 1.90. The van der Waals surface area contributed by atoms with Crippen molar-refractivity contribution in [1.82, 2.24) is 19.5 Å². The van der Waals surface area contributed by atoms with Crippen molar-refractivity contribution in [2.45, 2.75) is 0 Å². The van der Waals surface area contributed by atoms with Crippen LogP contribution in [-0.4, -0.2) is 19.5 Å². The van der Waals surface area contributed by atoms with Gasteiger partial charge in [-0.3, -0.25) is 0 Å². The minimum atomic E-state index is 0.617. The first kappa shape index (κ1) is 28.2. The molecule has 11 aromatic rings. The van der Waals surface area contributed by atoms with E-state index in [0.717, 1.165) is 60.7 Å². The third-order valence-electron chi connectivity index (χ3n) is 9.85. The quantitative estimate of drug-likeness (QED) is 0.187. The van der Waals surface area contributed by atoms with E-state index in [4.69, 9.17) is 19.4 Å². The fraction of sp³-hybridized carbons (Fsp3) is 0. The largest absolute Gasteiger partial charge is 0.454 e. The van der Waals surface area contributed by atoms with Crippen LogP contribution in [0.1, 0.15) is 0 Å². The molecule has 0 saturated heterocycles. The number of hydrogen-bond donors (Lipinski definition) is 0. The molecule has 0 bridgehead atoms. The normalized spacial score (nSPS) is 11.9. The molecule has 0 N–H and O–H groups in total. The molecule has 0 unspecified atom stereocenters. The van der Waals surface area contributed by atoms with Crippen LogP contribution in [0.25, 0.3) is 104 Å². The Morgan fingerprint density at radius 2 is 1.04 bits per heavy atom. The highest BCUT2D eigenvalue weighted by Gasteiger charge is 2.20. The highest BCUT2D eigenvalue weighted by molar-refractivity contribution is 7.25. The van der Waals surface area contributed by atoms with Crippen molar-refractivity contribution >= 4 is 75.3 Å². The lowest BCUT2D eigenvalue weighted by Crippen LogP contribution is -2.00. The van der Waals surface area contributed by atoms with Gasteiger partial charge in [0.05, 0.1) is 11.0 Å². The zero-order valence-electron chi connectivity index (χ0n) is 27.1. The van der Waals surface area contributed by atoms with Gasteiger partial charge in [-0.05, 0) is 54.6 Å². The van der Waals surface area contributed by atoms with Gasteiger partial charge in [-0.2, -0.15) is 0 Å². The lowest BCUT2D eigenvalue weighted by atomic mass is 10.1. The average molecular weight is 671 g/mol. The molecule has 7 aromatic carbocycles. The summed E-state index contributed by atoms with van der Waals surface area (Å²) in [7, 11) is 0. The minimum Gasteiger partial charge on any atom is -0.454 e. The number of benzene rings is 7. The molecule has 51 heavy (non-hydrogen) atoms. The van der Waals surface area contributed by atoms with Crippen LogP contribution in [0.3, 0.4) is 0 Å². The van der Waals surface area contributed by atoms with Gasteiger partial charge in [0, 0.05) is 64.1 Å². The fourth-order valence-corrected chi connectivity index (χ4v) is 8.63. The van der Waals surface area contributed by atoms with E-state index in [1.165, 1.54) is 25.6 Å².